The van der Waals surface area contributed by atoms with Crippen molar-refractivity contribution >= 4 is 17.8 Å². The quantitative estimate of drug-likeness (QED) is 0.758. The van der Waals surface area contributed by atoms with Gasteiger partial charge in [0.2, 0.25) is 0 Å². The molecule has 1 rings (SSSR count). The van der Waals surface area contributed by atoms with Crippen LogP contribution in [-0.2, 0) is 19.1 Å². The lowest BCUT2D eigenvalue weighted by atomic mass is 10.2. The summed E-state index contributed by atoms with van der Waals surface area (Å²) in [6, 6.07) is 0. The number of hydrogen-bond acceptors (Lipinski definition) is 6. The number of ether oxygens (including phenoxy) is 2. The van der Waals surface area contributed by atoms with E-state index >= 15 is 0 Å². The molecule has 0 bridgehead atoms. The average Bonchev–Trinajstić information content (AvgIpc) is 2.71. The Labute approximate surface area is 105 Å². The highest BCUT2D eigenvalue weighted by Gasteiger charge is 2.27. The minimum Gasteiger partial charge on any atom is -0.464 e. The first kappa shape index (κ1) is 14.3. The van der Waals surface area contributed by atoms with Crippen LogP contribution < -0.4 is 5.32 Å². The van der Waals surface area contributed by atoms with E-state index in [2.05, 4.69) is 15.2 Å². The zero-order valence-corrected chi connectivity index (χ0v) is 11.0. The Morgan fingerprint density at radius 2 is 2.17 bits per heavy atom. The average molecular weight is 258 g/mol. The Bertz CT molecular complexity index is 359. The molecule has 0 aromatic heterocycles. The molecule has 0 spiro atoms. The number of nitrogens with zero attached hydrogens (tertiary/aromatic N) is 1. The van der Waals surface area contributed by atoms with Gasteiger partial charge in [-0.3, -0.25) is 0 Å². The van der Waals surface area contributed by atoms with Gasteiger partial charge in [-0.25, -0.2) is 9.59 Å². The fourth-order valence-electron chi connectivity index (χ4n) is 1.29. The van der Waals surface area contributed by atoms with Crippen molar-refractivity contribution in [2.75, 3.05) is 13.7 Å². The van der Waals surface area contributed by atoms with Gasteiger partial charge in [-0.15, -0.1) is 0 Å². The third-order valence-electron chi connectivity index (χ3n) is 2.03. The van der Waals surface area contributed by atoms with Gasteiger partial charge < -0.3 is 19.6 Å². The van der Waals surface area contributed by atoms with Crippen LogP contribution in [0, 0.1) is 0 Å². The maximum absolute atomic E-state index is 11.4. The van der Waals surface area contributed by atoms with E-state index in [0.717, 1.165) is 0 Å². The lowest BCUT2D eigenvalue weighted by Crippen LogP contribution is -2.37. The van der Waals surface area contributed by atoms with Crippen molar-refractivity contribution in [2.45, 2.75) is 38.9 Å². The lowest BCUT2D eigenvalue weighted by Gasteiger charge is -2.20. The van der Waals surface area contributed by atoms with Gasteiger partial charge in [0.25, 0.3) is 0 Å². The van der Waals surface area contributed by atoms with Crippen molar-refractivity contribution < 1.29 is 23.9 Å². The summed E-state index contributed by atoms with van der Waals surface area (Å²) < 4.78 is 9.57. The molecule has 0 saturated carbocycles. The van der Waals surface area contributed by atoms with E-state index < -0.39 is 17.7 Å². The molecule has 0 fully saturated rings. The van der Waals surface area contributed by atoms with Crippen LogP contribution in [0.1, 0.15) is 27.2 Å². The van der Waals surface area contributed by atoms with Crippen molar-refractivity contribution in [2.24, 2.45) is 5.16 Å². The maximum atomic E-state index is 11.4. The normalized spacial score (nSPS) is 18.7. The molecule has 1 amide bonds. The molecule has 0 radical (unpaired) electrons. The third kappa shape index (κ3) is 4.60. The molecule has 1 atom stereocenters. The van der Waals surface area contributed by atoms with Crippen LogP contribution in [0.15, 0.2) is 5.16 Å². The molecular formula is C11H18N2O5. The van der Waals surface area contributed by atoms with Gasteiger partial charge in [-0.05, 0) is 20.8 Å². The van der Waals surface area contributed by atoms with Crippen LogP contribution in [-0.4, -0.2) is 43.1 Å². The number of carbonyl (C=O) groups is 2. The summed E-state index contributed by atoms with van der Waals surface area (Å²) in [6.45, 7) is 5.55. The van der Waals surface area contributed by atoms with Crippen molar-refractivity contribution in [3.63, 3.8) is 0 Å². The molecule has 18 heavy (non-hydrogen) atoms. The summed E-state index contributed by atoms with van der Waals surface area (Å²) in [5.74, 6) is -0.519. The number of rotatable bonds is 3. The fraction of sp³-hybridized carbons (Fsp3) is 0.727. The van der Waals surface area contributed by atoms with Gasteiger partial charge in [0, 0.05) is 6.42 Å². The number of amides is 1. The first-order valence-corrected chi connectivity index (χ1v) is 5.59. The smallest absolute Gasteiger partial charge is 0.407 e. The standard InChI is InChI=1S/C11H18N2O5/c1-11(2,3)17-10(15)12-6-7-5-8(13-18-7)9(14)16-4/h7H,5-6H2,1-4H3,(H,12,15)/t7-/m1/s1. The minimum absolute atomic E-state index is 0.216. The zero-order valence-electron chi connectivity index (χ0n) is 11.0. The predicted molar refractivity (Wildman–Crippen MR) is 63.2 cm³/mol. The molecule has 1 aliphatic heterocycles. The maximum Gasteiger partial charge on any atom is 0.407 e. The molecule has 1 N–H and O–H groups in total. The number of hydrogen-bond donors (Lipinski definition) is 1. The molecule has 0 aromatic carbocycles. The van der Waals surface area contributed by atoms with E-state index in [0.29, 0.717) is 6.42 Å². The van der Waals surface area contributed by atoms with Crippen molar-refractivity contribution in [1.82, 2.24) is 5.32 Å². The van der Waals surface area contributed by atoms with Crippen LogP contribution in [0.2, 0.25) is 0 Å². The zero-order chi connectivity index (χ0) is 13.8. The molecule has 0 aromatic rings. The summed E-state index contributed by atoms with van der Waals surface area (Å²) >= 11 is 0. The van der Waals surface area contributed by atoms with Crippen LogP contribution in [0.25, 0.3) is 0 Å². The van der Waals surface area contributed by atoms with Gasteiger partial charge in [0.1, 0.15) is 5.60 Å². The largest absolute Gasteiger partial charge is 0.464 e. The molecule has 1 aliphatic rings. The van der Waals surface area contributed by atoms with Gasteiger partial charge in [0.15, 0.2) is 11.8 Å². The number of nitrogens with one attached hydrogen (secondary N) is 1. The summed E-state index contributed by atoms with van der Waals surface area (Å²) in [7, 11) is 1.27. The molecule has 0 saturated heterocycles. The molecule has 102 valence electrons. The number of methoxy groups -OCH3 is 1. The number of esters is 1. The van der Waals surface area contributed by atoms with E-state index in [9.17, 15) is 9.59 Å². The highest BCUT2D eigenvalue weighted by Crippen LogP contribution is 2.11. The molecule has 0 aliphatic carbocycles. The molecule has 7 heteroatoms. The van der Waals surface area contributed by atoms with Gasteiger partial charge in [-0.2, -0.15) is 0 Å². The SMILES string of the molecule is COC(=O)C1=NO[C@@H](CNC(=O)OC(C)(C)C)C1. The minimum atomic E-state index is -0.547. The van der Waals surface area contributed by atoms with E-state index in [-0.39, 0.29) is 18.4 Å². The number of oxime groups is 1. The number of carbonyl (C=O) groups excluding carboxylic acids is 2. The Morgan fingerprint density at radius 1 is 1.50 bits per heavy atom. The Morgan fingerprint density at radius 3 is 2.72 bits per heavy atom. The first-order valence-electron chi connectivity index (χ1n) is 5.59. The third-order valence-corrected chi connectivity index (χ3v) is 2.03. The van der Waals surface area contributed by atoms with Crippen molar-refractivity contribution in [3.8, 4) is 0 Å². The van der Waals surface area contributed by atoms with Gasteiger partial charge in [0.05, 0.1) is 13.7 Å². The molecule has 0 unspecified atom stereocenters. The van der Waals surface area contributed by atoms with E-state index in [1.54, 1.807) is 20.8 Å². The Kier molecular flexibility index (Phi) is 4.52. The lowest BCUT2D eigenvalue weighted by molar-refractivity contribution is -0.132. The highest BCUT2D eigenvalue weighted by atomic mass is 16.6. The summed E-state index contributed by atoms with van der Waals surface area (Å²) in [5.41, 5.74) is -0.331. The van der Waals surface area contributed by atoms with Crippen LogP contribution in [0.4, 0.5) is 4.79 Å². The second-order valence-corrected chi connectivity index (χ2v) is 4.84. The Balaban J connectivity index is 2.27. The second kappa shape index (κ2) is 5.70. The van der Waals surface area contributed by atoms with Crippen LogP contribution in [0.3, 0.4) is 0 Å². The summed E-state index contributed by atoms with van der Waals surface area (Å²) in [5, 5.41) is 6.14. The van der Waals surface area contributed by atoms with E-state index in [4.69, 9.17) is 9.57 Å². The Hall–Kier alpha value is -1.79. The monoisotopic (exact) mass is 258 g/mol. The van der Waals surface area contributed by atoms with Gasteiger partial charge in [-0.1, -0.05) is 5.16 Å². The van der Waals surface area contributed by atoms with E-state index in [1.165, 1.54) is 7.11 Å². The van der Waals surface area contributed by atoms with Crippen molar-refractivity contribution in [3.05, 3.63) is 0 Å². The topological polar surface area (TPSA) is 86.2 Å². The highest BCUT2D eigenvalue weighted by molar-refractivity contribution is 6.36. The summed E-state index contributed by atoms with van der Waals surface area (Å²) in [6.07, 6.45) is -0.591. The summed E-state index contributed by atoms with van der Waals surface area (Å²) in [4.78, 5) is 27.5. The van der Waals surface area contributed by atoms with Gasteiger partial charge >= 0.3 is 12.1 Å². The van der Waals surface area contributed by atoms with Crippen LogP contribution in [0.5, 0.6) is 0 Å². The molecule has 1 heterocycles. The van der Waals surface area contributed by atoms with Crippen molar-refractivity contribution in [1.29, 1.82) is 0 Å². The fourth-order valence-corrected chi connectivity index (χ4v) is 1.29. The second-order valence-electron chi connectivity index (χ2n) is 4.84. The van der Waals surface area contributed by atoms with E-state index in [1.807, 2.05) is 0 Å². The first-order chi connectivity index (χ1) is 8.31. The predicted octanol–water partition coefficient (Wildman–Crippen LogP) is 0.829. The molecule has 7 nitrogen and oxygen atoms in total. The van der Waals surface area contributed by atoms with Crippen LogP contribution >= 0.6 is 0 Å². The molecular weight excluding hydrogens is 240 g/mol. The number of alkyl carbamates (subject to hydrolysis) is 1.